The first kappa shape index (κ1) is 20.5. The second-order valence-corrected chi connectivity index (χ2v) is 6.87. The number of carbonyl (C=O) groups is 2. The van der Waals surface area contributed by atoms with Gasteiger partial charge in [0.2, 0.25) is 0 Å². The first-order chi connectivity index (χ1) is 12.8. The fraction of sp³-hybridized carbons (Fsp3) is 0.364. The van der Waals surface area contributed by atoms with Crippen LogP contribution in [0.4, 0.5) is 11.4 Å². The first-order valence-electron chi connectivity index (χ1n) is 9.21. The van der Waals surface area contributed by atoms with Crippen molar-refractivity contribution in [1.29, 1.82) is 0 Å². The van der Waals surface area contributed by atoms with Crippen molar-refractivity contribution in [2.24, 2.45) is 0 Å². The quantitative estimate of drug-likeness (QED) is 0.734. The number of nitrogens with one attached hydrogen (secondary N) is 1. The molecule has 0 unspecified atom stereocenters. The van der Waals surface area contributed by atoms with E-state index in [-0.39, 0.29) is 5.91 Å². The molecule has 0 aliphatic carbocycles. The molecule has 27 heavy (non-hydrogen) atoms. The summed E-state index contributed by atoms with van der Waals surface area (Å²) >= 11 is 0. The van der Waals surface area contributed by atoms with Crippen molar-refractivity contribution in [3.8, 4) is 0 Å². The number of hydrogen-bond acceptors (Lipinski definition) is 4. The van der Waals surface area contributed by atoms with Crippen LogP contribution in [0.15, 0.2) is 48.5 Å². The molecule has 2 aromatic rings. The number of carbonyl (C=O) groups excluding carboxylic acids is 2. The lowest BCUT2D eigenvalue weighted by atomic mass is 9.97. The van der Waals surface area contributed by atoms with Gasteiger partial charge in [-0.05, 0) is 55.2 Å². The van der Waals surface area contributed by atoms with Gasteiger partial charge in [0.1, 0.15) is 0 Å². The fourth-order valence-electron chi connectivity index (χ4n) is 2.67. The Labute approximate surface area is 161 Å². The minimum Gasteiger partial charge on any atom is -0.449 e. The minimum absolute atomic E-state index is 0.328. The summed E-state index contributed by atoms with van der Waals surface area (Å²) in [7, 11) is 3.86. The van der Waals surface area contributed by atoms with Gasteiger partial charge in [0.15, 0.2) is 6.10 Å². The number of anilines is 2. The van der Waals surface area contributed by atoms with Gasteiger partial charge in [-0.3, -0.25) is 4.79 Å². The Bertz CT molecular complexity index is 784. The number of ether oxygens (including phenoxy) is 1. The molecule has 0 spiro atoms. The molecule has 2 rings (SSSR count). The lowest BCUT2D eigenvalue weighted by molar-refractivity contribution is -0.123. The Kier molecular flexibility index (Phi) is 6.99. The number of rotatable bonds is 7. The molecule has 1 N–H and O–H groups in total. The molecule has 2 atom stereocenters. The van der Waals surface area contributed by atoms with Crippen LogP contribution >= 0.6 is 0 Å². The predicted octanol–water partition coefficient (Wildman–Crippen LogP) is 4.45. The van der Waals surface area contributed by atoms with Crippen LogP contribution in [-0.2, 0) is 9.53 Å². The molecule has 0 aliphatic heterocycles. The maximum Gasteiger partial charge on any atom is 0.338 e. The third kappa shape index (κ3) is 5.33. The maximum absolute atomic E-state index is 12.5. The summed E-state index contributed by atoms with van der Waals surface area (Å²) in [6.07, 6.45) is 0.0800. The first-order valence-corrected chi connectivity index (χ1v) is 9.21. The highest BCUT2D eigenvalue weighted by Gasteiger charge is 2.20. The standard InChI is InChI=1S/C22H28N2O3/c1-6-15(2)19-9-7-8-10-20(19)23-21(25)16(3)27-22(26)17-11-13-18(14-12-17)24(4)5/h7-16H,6H2,1-5H3,(H,23,25)/t15-,16+/m1/s1. The Balaban J connectivity index is 2.02. The van der Waals surface area contributed by atoms with Gasteiger partial charge >= 0.3 is 5.97 Å². The van der Waals surface area contributed by atoms with Gasteiger partial charge in [0.05, 0.1) is 5.56 Å². The molecule has 2 aromatic carbocycles. The normalized spacial score (nSPS) is 12.8. The summed E-state index contributed by atoms with van der Waals surface area (Å²) in [6, 6.07) is 14.8. The van der Waals surface area contributed by atoms with E-state index in [9.17, 15) is 9.59 Å². The molecular formula is C22H28N2O3. The Hall–Kier alpha value is -2.82. The van der Waals surface area contributed by atoms with Gasteiger partial charge in [-0.25, -0.2) is 4.79 Å². The van der Waals surface area contributed by atoms with Crippen molar-refractivity contribution in [2.45, 2.75) is 39.2 Å². The summed E-state index contributed by atoms with van der Waals surface area (Å²) in [4.78, 5) is 26.7. The minimum atomic E-state index is -0.893. The summed E-state index contributed by atoms with van der Waals surface area (Å²) in [5, 5.41) is 2.88. The number of para-hydroxylation sites is 1. The summed E-state index contributed by atoms with van der Waals surface area (Å²) in [5.74, 6) is -0.531. The lowest BCUT2D eigenvalue weighted by Crippen LogP contribution is -2.30. The molecule has 0 fully saturated rings. The average Bonchev–Trinajstić information content (AvgIpc) is 2.67. The second kappa shape index (κ2) is 9.21. The van der Waals surface area contributed by atoms with Crippen molar-refractivity contribution >= 4 is 23.3 Å². The van der Waals surface area contributed by atoms with Crippen LogP contribution in [0, 0.1) is 0 Å². The fourth-order valence-corrected chi connectivity index (χ4v) is 2.67. The topological polar surface area (TPSA) is 58.6 Å². The molecule has 0 heterocycles. The molecule has 0 bridgehead atoms. The largest absolute Gasteiger partial charge is 0.449 e. The summed E-state index contributed by atoms with van der Waals surface area (Å²) < 4.78 is 5.33. The van der Waals surface area contributed by atoms with E-state index in [1.807, 2.05) is 55.4 Å². The second-order valence-electron chi connectivity index (χ2n) is 6.87. The number of esters is 1. The van der Waals surface area contributed by atoms with E-state index in [2.05, 4.69) is 19.2 Å². The van der Waals surface area contributed by atoms with E-state index in [1.54, 1.807) is 19.1 Å². The van der Waals surface area contributed by atoms with Crippen LogP contribution in [0.3, 0.4) is 0 Å². The Morgan fingerprint density at radius 1 is 1.04 bits per heavy atom. The molecule has 0 saturated carbocycles. The Morgan fingerprint density at radius 3 is 2.26 bits per heavy atom. The molecular weight excluding hydrogens is 340 g/mol. The van der Waals surface area contributed by atoms with Crippen LogP contribution < -0.4 is 10.2 Å². The molecule has 5 heteroatoms. The van der Waals surface area contributed by atoms with E-state index in [0.29, 0.717) is 11.5 Å². The van der Waals surface area contributed by atoms with Crippen molar-refractivity contribution in [3.05, 3.63) is 59.7 Å². The lowest BCUT2D eigenvalue weighted by Gasteiger charge is -2.18. The highest BCUT2D eigenvalue weighted by atomic mass is 16.5. The summed E-state index contributed by atoms with van der Waals surface area (Å²) in [6.45, 7) is 5.80. The van der Waals surface area contributed by atoms with Crippen molar-refractivity contribution in [2.75, 3.05) is 24.3 Å². The van der Waals surface area contributed by atoms with Crippen LogP contribution in [-0.4, -0.2) is 32.1 Å². The zero-order chi connectivity index (χ0) is 20.0. The zero-order valence-electron chi connectivity index (χ0n) is 16.7. The smallest absolute Gasteiger partial charge is 0.338 e. The van der Waals surface area contributed by atoms with E-state index >= 15 is 0 Å². The molecule has 0 saturated heterocycles. The molecule has 5 nitrogen and oxygen atoms in total. The number of hydrogen-bond donors (Lipinski definition) is 1. The molecule has 144 valence electrons. The van der Waals surface area contributed by atoms with E-state index in [0.717, 1.165) is 23.4 Å². The third-order valence-electron chi connectivity index (χ3n) is 4.63. The molecule has 0 aromatic heterocycles. The van der Waals surface area contributed by atoms with Gasteiger partial charge in [-0.1, -0.05) is 32.0 Å². The number of amides is 1. The van der Waals surface area contributed by atoms with E-state index < -0.39 is 12.1 Å². The van der Waals surface area contributed by atoms with Gasteiger partial charge in [0.25, 0.3) is 5.91 Å². The zero-order valence-corrected chi connectivity index (χ0v) is 16.7. The molecule has 0 aliphatic rings. The van der Waals surface area contributed by atoms with Crippen LogP contribution in [0.2, 0.25) is 0 Å². The predicted molar refractivity (Wildman–Crippen MR) is 109 cm³/mol. The molecule has 1 amide bonds. The maximum atomic E-state index is 12.5. The summed E-state index contributed by atoms with van der Waals surface area (Å²) in [5.41, 5.74) is 3.24. The van der Waals surface area contributed by atoms with Gasteiger partial charge < -0.3 is 15.0 Å². The van der Waals surface area contributed by atoms with Gasteiger partial charge in [0, 0.05) is 25.5 Å². The number of benzene rings is 2. The average molecular weight is 368 g/mol. The van der Waals surface area contributed by atoms with E-state index in [1.165, 1.54) is 0 Å². The van der Waals surface area contributed by atoms with Crippen LogP contribution in [0.5, 0.6) is 0 Å². The Morgan fingerprint density at radius 2 is 1.67 bits per heavy atom. The van der Waals surface area contributed by atoms with Crippen molar-refractivity contribution in [1.82, 2.24) is 0 Å². The van der Waals surface area contributed by atoms with Crippen LogP contribution in [0.1, 0.15) is 49.0 Å². The highest BCUT2D eigenvalue weighted by Crippen LogP contribution is 2.26. The van der Waals surface area contributed by atoms with E-state index in [4.69, 9.17) is 4.74 Å². The van der Waals surface area contributed by atoms with Gasteiger partial charge in [-0.15, -0.1) is 0 Å². The van der Waals surface area contributed by atoms with Crippen LogP contribution in [0.25, 0.3) is 0 Å². The van der Waals surface area contributed by atoms with Gasteiger partial charge in [-0.2, -0.15) is 0 Å². The molecule has 0 radical (unpaired) electrons. The highest BCUT2D eigenvalue weighted by molar-refractivity contribution is 5.97. The number of nitrogens with zero attached hydrogens (tertiary/aromatic N) is 1. The van der Waals surface area contributed by atoms with Crippen molar-refractivity contribution in [3.63, 3.8) is 0 Å². The monoisotopic (exact) mass is 368 g/mol. The SMILES string of the molecule is CC[C@@H](C)c1ccccc1NC(=O)[C@H](C)OC(=O)c1ccc(N(C)C)cc1. The third-order valence-corrected chi connectivity index (χ3v) is 4.63. The van der Waals surface area contributed by atoms with Crippen molar-refractivity contribution < 1.29 is 14.3 Å².